The van der Waals surface area contributed by atoms with E-state index in [1.807, 2.05) is 80.6 Å². The highest BCUT2D eigenvalue weighted by molar-refractivity contribution is 8.00. The lowest BCUT2D eigenvalue weighted by Gasteiger charge is -2.14. The average molecular weight is 388 g/mol. The quantitative estimate of drug-likeness (QED) is 0.435. The zero-order valence-corrected chi connectivity index (χ0v) is 16.6. The summed E-state index contributed by atoms with van der Waals surface area (Å²) in [6.07, 6.45) is 0. The first-order chi connectivity index (χ1) is 13.6. The summed E-state index contributed by atoms with van der Waals surface area (Å²) in [6.45, 7) is 3.94. The highest BCUT2D eigenvalue weighted by Gasteiger charge is 2.18. The van der Waals surface area contributed by atoms with E-state index >= 15 is 0 Å². The molecule has 5 heteroatoms. The largest absolute Gasteiger partial charge is 0.333 e. The Labute approximate surface area is 168 Å². The van der Waals surface area contributed by atoms with Crippen LogP contribution < -0.4 is 5.32 Å². The van der Waals surface area contributed by atoms with Crippen molar-refractivity contribution >= 4 is 34.4 Å². The van der Waals surface area contributed by atoms with E-state index in [-0.39, 0.29) is 11.2 Å². The summed E-state index contributed by atoms with van der Waals surface area (Å²) < 4.78 is 0. The van der Waals surface area contributed by atoms with E-state index in [9.17, 15) is 4.79 Å². The second-order valence-electron chi connectivity index (χ2n) is 6.72. The number of amides is 1. The monoisotopic (exact) mass is 387 g/mol. The number of imidazole rings is 1. The summed E-state index contributed by atoms with van der Waals surface area (Å²) in [6, 6.07) is 24.0. The number of aromatic amines is 1. The van der Waals surface area contributed by atoms with Gasteiger partial charge in [-0.3, -0.25) is 4.79 Å². The summed E-state index contributed by atoms with van der Waals surface area (Å²) in [5.41, 5.74) is 5.97. The first kappa shape index (κ1) is 18.3. The number of nitrogens with zero attached hydrogens (tertiary/aromatic N) is 1. The van der Waals surface area contributed by atoms with E-state index in [1.54, 1.807) is 0 Å². The Kier molecular flexibility index (Phi) is 5.17. The van der Waals surface area contributed by atoms with Crippen LogP contribution in [-0.2, 0) is 4.79 Å². The van der Waals surface area contributed by atoms with Crippen LogP contribution in [0.5, 0.6) is 0 Å². The van der Waals surface area contributed by atoms with Gasteiger partial charge >= 0.3 is 0 Å². The number of rotatable bonds is 5. The molecule has 3 aromatic carbocycles. The van der Waals surface area contributed by atoms with Crippen molar-refractivity contribution in [1.82, 2.24) is 9.97 Å². The van der Waals surface area contributed by atoms with E-state index in [2.05, 4.69) is 21.4 Å². The van der Waals surface area contributed by atoms with E-state index in [0.29, 0.717) is 0 Å². The van der Waals surface area contributed by atoms with Crippen molar-refractivity contribution in [2.24, 2.45) is 0 Å². The van der Waals surface area contributed by atoms with Crippen molar-refractivity contribution in [3.8, 4) is 11.1 Å². The number of aryl methyl sites for hydroxylation is 1. The molecule has 4 aromatic rings. The number of hydrogen-bond acceptors (Lipinski definition) is 3. The number of fused-ring (bicyclic) bond motifs is 1. The predicted octanol–water partition coefficient (Wildman–Crippen LogP) is 5.66. The summed E-state index contributed by atoms with van der Waals surface area (Å²) >= 11 is 1.43. The van der Waals surface area contributed by atoms with Gasteiger partial charge in [0.2, 0.25) is 5.91 Å². The Morgan fingerprint density at radius 1 is 1.04 bits per heavy atom. The summed E-state index contributed by atoms with van der Waals surface area (Å²) in [5, 5.41) is 3.53. The second-order valence-corrected chi connectivity index (χ2v) is 8.05. The van der Waals surface area contributed by atoms with Crippen LogP contribution in [0.3, 0.4) is 0 Å². The number of benzene rings is 3. The molecule has 0 saturated heterocycles. The van der Waals surface area contributed by atoms with Gasteiger partial charge in [0.05, 0.1) is 16.3 Å². The minimum atomic E-state index is -0.287. The number of aromatic nitrogens is 2. The molecule has 4 rings (SSSR count). The Morgan fingerprint density at radius 2 is 1.79 bits per heavy atom. The van der Waals surface area contributed by atoms with Gasteiger partial charge in [-0.1, -0.05) is 66.4 Å². The lowest BCUT2D eigenvalue weighted by atomic mass is 10.0. The van der Waals surface area contributed by atoms with Crippen molar-refractivity contribution in [3.63, 3.8) is 0 Å². The van der Waals surface area contributed by atoms with Gasteiger partial charge in [0.25, 0.3) is 0 Å². The Morgan fingerprint density at radius 3 is 2.61 bits per heavy atom. The van der Waals surface area contributed by atoms with Gasteiger partial charge in [-0.05, 0) is 43.2 Å². The average Bonchev–Trinajstić information content (AvgIpc) is 3.10. The summed E-state index contributed by atoms with van der Waals surface area (Å²) in [7, 11) is 0. The van der Waals surface area contributed by atoms with Gasteiger partial charge in [-0.25, -0.2) is 4.98 Å². The molecule has 28 heavy (non-hydrogen) atoms. The van der Waals surface area contributed by atoms with Crippen LogP contribution in [0, 0.1) is 6.92 Å². The van der Waals surface area contributed by atoms with Crippen molar-refractivity contribution in [3.05, 3.63) is 78.4 Å². The SMILES string of the molecule is Cc1ccc2nc(S[C@H](C)C(=O)Nc3ccccc3-c3ccccc3)[nH]c2c1. The standard InChI is InChI=1S/C23H21N3OS/c1-15-12-13-20-21(14-15)26-23(25-20)28-16(2)22(27)24-19-11-7-6-10-18(19)17-8-4-3-5-9-17/h3-14,16H,1-2H3,(H,24,27)(H,25,26)/t16-/m1/s1. The molecule has 0 radical (unpaired) electrons. The Hall–Kier alpha value is -3.05. The molecule has 0 bridgehead atoms. The number of carbonyl (C=O) groups is 1. The van der Waals surface area contributed by atoms with Gasteiger partial charge in [0, 0.05) is 11.3 Å². The number of H-pyrrole nitrogens is 1. The molecular weight excluding hydrogens is 366 g/mol. The fourth-order valence-corrected chi connectivity index (χ4v) is 3.89. The molecule has 0 fully saturated rings. The zero-order chi connectivity index (χ0) is 19.5. The van der Waals surface area contributed by atoms with E-state index in [0.717, 1.165) is 33.0 Å². The lowest BCUT2D eigenvalue weighted by molar-refractivity contribution is -0.115. The smallest absolute Gasteiger partial charge is 0.237 e. The number of thioether (sulfide) groups is 1. The highest BCUT2D eigenvalue weighted by atomic mass is 32.2. The molecule has 1 aromatic heterocycles. The van der Waals surface area contributed by atoms with Crippen LogP contribution >= 0.6 is 11.8 Å². The van der Waals surface area contributed by atoms with Crippen molar-refractivity contribution in [1.29, 1.82) is 0 Å². The van der Waals surface area contributed by atoms with Gasteiger partial charge in [-0.2, -0.15) is 0 Å². The number of para-hydroxylation sites is 1. The Balaban J connectivity index is 1.50. The normalized spacial score (nSPS) is 12.1. The van der Waals surface area contributed by atoms with Gasteiger partial charge < -0.3 is 10.3 Å². The molecule has 2 N–H and O–H groups in total. The van der Waals surface area contributed by atoms with Crippen LogP contribution in [0.1, 0.15) is 12.5 Å². The molecule has 1 atom stereocenters. The number of carbonyl (C=O) groups excluding carboxylic acids is 1. The van der Waals surface area contributed by atoms with Crippen LogP contribution in [-0.4, -0.2) is 21.1 Å². The van der Waals surface area contributed by atoms with Crippen LogP contribution in [0.2, 0.25) is 0 Å². The van der Waals surface area contributed by atoms with E-state index in [1.165, 1.54) is 17.3 Å². The molecule has 0 spiro atoms. The van der Waals surface area contributed by atoms with E-state index < -0.39 is 0 Å². The minimum absolute atomic E-state index is 0.0509. The predicted molar refractivity (Wildman–Crippen MR) is 117 cm³/mol. The first-order valence-corrected chi connectivity index (χ1v) is 10.1. The minimum Gasteiger partial charge on any atom is -0.333 e. The van der Waals surface area contributed by atoms with Gasteiger partial charge in [-0.15, -0.1) is 0 Å². The topological polar surface area (TPSA) is 57.8 Å². The lowest BCUT2D eigenvalue weighted by Crippen LogP contribution is -2.22. The van der Waals surface area contributed by atoms with Gasteiger partial charge in [0.15, 0.2) is 5.16 Å². The first-order valence-electron chi connectivity index (χ1n) is 9.18. The molecule has 0 unspecified atom stereocenters. The van der Waals surface area contributed by atoms with E-state index in [4.69, 9.17) is 0 Å². The van der Waals surface area contributed by atoms with Crippen LogP contribution in [0.25, 0.3) is 22.2 Å². The summed E-state index contributed by atoms with van der Waals surface area (Å²) in [4.78, 5) is 20.7. The number of hydrogen-bond donors (Lipinski definition) is 2. The van der Waals surface area contributed by atoms with Crippen molar-refractivity contribution < 1.29 is 4.79 Å². The third kappa shape index (κ3) is 3.94. The molecule has 140 valence electrons. The molecular formula is C23H21N3OS. The second kappa shape index (κ2) is 7.90. The molecule has 0 aliphatic rings. The van der Waals surface area contributed by atoms with Gasteiger partial charge in [0.1, 0.15) is 0 Å². The molecule has 0 aliphatic carbocycles. The summed E-state index contributed by atoms with van der Waals surface area (Å²) in [5.74, 6) is -0.0509. The Bertz CT molecular complexity index is 1120. The zero-order valence-electron chi connectivity index (χ0n) is 15.8. The number of nitrogens with one attached hydrogen (secondary N) is 2. The maximum Gasteiger partial charge on any atom is 0.237 e. The third-order valence-electron chi connectivity index (χ3n) is 4.54. The highest BCUT2D eigenvalue weighted by Crippen LogP contribution is 2.29. The maximum absolute atomic E-state index is 12.8. The van der Waals surface area contributed by atoms with Crippen molar-refractivity contribution in [2.45, 2.75) is 24.3 Å². The fraction of sp³-hybridized carbons (Fsp3) is 0.130. The van der Waals surface area contributed by atoms with Crippen LogP contribution in [0.4, 0.5) is 5.69 Å². The number of anilines is 1. The third-order valence-corrected chi connectivity index (χ3v) is 5.53. The maximum atomic E-state index is 12.8. The van der Waals surface area contributed by atoms with Crippen molar-refractivity contribution in [2.75, 3.05) is 5.32 Å². The van der Waals surface area contributed by atoms with Crippen LogP contribution in [0.15, 0.2) is 78.0 Å². The molecule has 1 heterocycles. The molecule has 1 amide bonds. The molecule has 4 nitrogen and oxygen atoms in total. The molecule has 0 aliphatic heterocycles. The molecule has 0 saturated carbocycles. The fourth-order valence-electron chi connectivity index (χ4n) is 3.07.